The number of pyridine rings is 1. The van der Waals surface area contributed by atoms with Crippen LogP contribution in [0.25, 0.3) is 11.3 Å². The van der Waals surface area contributed by atoms with Crippen LogP contribution in [0.2, 0.25) is 0 Å². The van der Waals surface area contributed by atoms with E-state index in [4.69, 9.17) is 14.2 Å². The van der Waals surface area contributed by atoms with Gasteiger partial charge in [0.05, 0.1) is 23.9 Å². The van der Waals surface area contributed by atoms with E-state index in [9.17, 15) is 9.59 Å². The molecule has 0 aliphatic carbocycles. The van der Waals surface area contributed by atoms with Crippen molar-refractivity contribution >= 4 is 5.78 Å². The zero-order chi connectivity index (χ0) is 22.1. The second-order valence-electron chi connectivity index (χ2n) is 8.90. The molecule has 0 spiro atoms. The van der Waals surface area contributed by atoms with Gasteiger partial charge in [0.25, 0.3) is 0 Å². The standard InChI is InChI=1S/C24H31NO5/c1-15-10-17-19-11-20(27)18(16(2)26)13-25(19)23(24(3,4)5)14-30-22(17)12-21(15)29-9-7-8-28-6/h10-13,23H,7-9,14H2,1-6H3/t23-/m0/s1. The van der Waals surface area contributed by atoms with Crippen molar-refractivity contribution in [2.24, 2.45) is 5.41 Å². The number of ether oxygens (including phenoxy) is 3. The number of aromatic nitrogens is 1. The second-order valence-corrected chi connectivity index (χ2v) is 8.90. The second kappa shape index (κ2) is 8.64. The van der Waals surface area contributed by atoms with Gasteiger partial charge in [-0.1, -0.05) is 20.8 Å². The van der Waals surface area contributed by atoms with Gasteiger partial charge >= 0.3 is 0 Å². The lowest BCUT2D eigenvalue weighted by Crippen LogP contribution is -2.31. The van der Waals surface area contributed by atoms with Gasteiger partial charge in [0.15, 0.2) is 11.2 Å². The molecule has 1 aromatic carbocycles. The molecule has 1 aliphatic rings. The van der Waals surface area contributed by atoms with Crippen LogP contribution in [0.4, 0.5) is 0 Å². The molecule has 0 unspecified atom stereocenters. The molecular formula is C24H31NO5. The van der Waals surface area contributed by atoms with Crippen LogP contribution in [0.1, 0.15) is 56.1 Å². The summed E-state index contributed by atoms with van der Waals surface area (Å²) >= 11 is 0. The summed E-state index contributed by atoms with van der Waals surface area (Å²) in [6, 6.07) is 5.40. The van der Waals surface area contributed by atoms with Crippen LogP contribution in [0.5, 0.6) is 11.5 Å². The van der Waals surface area contributed by atoms with Gasteiger partial charge < -0.3 is 18.8 Å². The summed E-state index contributed by atoms with van der Waals surface area (Å²) < 4.78 is 19.3. The highest BCUT2D eigenvalue weighted by Crippen LogP contribution is 2.43. The van der Waals surface area contributed by atoms with Crippen molar-refractivity contribution in [3.8, 4) is 22.8 Å². The predicted molar refractivity (Wildman–Crippen MR) is 117 cm³/mol. The lowest BCUT2D eigenvalue weighted by molar-refractivity contribution is 0.101. The van der Waals surface area contributed by atoms with Crippen molar-refractivity contribution in [3.05, 3.63) is 45.7 Å². The van der Waals surface area contributed by atoms with E-state index in [1.54, 1.807) is 19.4 Å². The van der Waals surface area contributed by atoms with Crippen LogP contribution in [0.3, 0.4) is 0 Å². The van der Waals surface area contributed by atoms with Crippen LogP contribution in [0, 0.1) is 12.3 Å². The molecule has 1 aliphatic heterocycles. The lowest BCUT2D eigenvalue weighted by Gasteiger charge is -2.32. The highest BCUT2D eigenvalue weighted by atomic mass is 16.5. The fraction of sp³-hybridized carbons (Fsp3) is 0.500. The van der Waals surface area contributed by atoms with E-state index in [1.807, 2.05) is 23.6 Å². The highest BCUT2D eigenvalue weighted by Gasteiger charge is 2.32. The average Bonchev–Trinajstić information content (AvgIpc) is 2.81. The van der Waals surface area contributed by atoms with Gasteiger partial charge in [-0.25, -0.2) is 0 Å². The van der Waals surface area contributed by atoms with Crippen molar-refractivity contribution in [1.82, 2.24) is 4.57 Å². The first kappa shape index (κ1) is 22.1. The number of fused-ring (bicyclic) bond motifs is 3. The molecule has 6 heteroatoms. The van der Waals surface area contributed by atoms with E-state index in [0.717, 1.165) is 29.0 Å². The molecule has 0 fully saturated rings. The van der Waals surface area contributed by atoms with E-state index in [2.05, 4.69) is 20.8 Å². The number of benzene rings is 1. The van der Waals surface area contributed by atoms with Gasteiger partial charge in [-0.3, -0.25) is 9.59 Å². The highest BCUT2D eigenvalue weighted by molar-refractivity contribution is 5.94. The summed E-state index contributed by atoms with van der Waals surface area (Å²) in [6.07, 6.45) is 2.49. The third-order valence-corrected chi connectivity index (χ3v) is 5.49. The monoisotopic (exact) mass is 413 g/mol. The van der Waals surface area contributed by atoms with Crippen LogP contribution in [-0.4, -0.2) is 37.3 Å². The van der Waals surface area contributed by atoms with E-state index in [-0.39, 0.29) is 28.2 Å². The Bertz CT molecular complexity index is 1000. The number of hydrogen-bond acceptors (Lipinski definition) is 5. The smallest absolute Gasteiger partial charge is 0.192 e. The Morgan fingerprint density at radius 2 is 1.97 bits per heavy atom. The SMILES string of the molecule is COCCCOc1cc2c(cc1C)-c1cc(=O)c(C(C)=O)cn1[C@H](C(C)(C)C)CO2. The number of aryl methyl sites for hydroxylation is 1. The summed E-state index contributed by atoms with van der Waals surface area (Å²) in [7, 11) is 1.67. The normalized spacial score (nSPS) is 15.6. The maximum atomic E-state index is 12.7. The Kier molecular flexibility index (Phi) is 6.36. The molecule has 0 radical (unpaired) electrons. The van der Waals surface area contributed by atoms with Gasteiger partial charge in [-0.2, -0.15) is 0 Å². The van der Waals surface area contributed by atoms with Crippen LogP contribution in [-0.2, 0) is 4.74 Å². The van der Waals surface area contributed by atoms with Crippen molar-refractivity contribution in [3.63, 3.8) is 0 Å². The van der Waals surface area contributed by atoms with E-state index >= 15 is 0 Å². The minimum atomic E-state index is -0.271. The van der Waals surface area contributed by atoms with Gasteiger partial charge in [0, 0.05) is 44.0 Å². The summed E-state index contributed by atoms with van der Waals surface area (Å²) in [6.45, 7) is 11.4. The molecular weight excluding hydrogens is 382 g/mol. The largest absolute Gasteiger partial charge is 0.493 e. The van der Waals surface area contributed by atoms with Crippen LogP contribution < -0.4 is 14.9 Å². The molecule has 2 heterocycles. The summed E-state index contributed by atoms with van der Waals surface area (Å²) in [4.78, 5) is 24.7. The molecule has 0 N–H and O–H groups in total. The minimum absolute atomic E-state index is 0.0509. The van der Waals surface area contributed by atoms with Crippen molar-refractivity contribution in [1.29, 1.82) is 0 Å². The molecule has 3 rings (SSSR count). The molecule has 30 heavy (non-hydrogen) atoms. The maximum absolute atomic E-state index is 12.7. The summed E-state index contributed by atoms with van der Waals surface area (Å²) in [5, 5.41) is 0. The number of ketones is 1. The topological polar surface area (TPSA) is 66.8 Å². The number of methoxy groups -OCH3 is 1. The Morgan fingerprint density at radius 3 is 2.60 bits per heavy atom. The maximum Gasteiger partial charge on any atom is 0.192 e. The third-order valence-electron chi connectivity index (χ3n) is 5.49. The Morgan fingerprint density at radius 1 is 1.23 bits per heavy atom. The Balaban J connectivity index is 2.13. The third kappa shape index (κ3) is 4.43. The van der Waals surface area contributed by atoms with E-state index < -0.39 is 0 Å². The lowest BCUT2D eigenvalue weighted by atomic mass is 9.86. The molecule has 1 aromatic heterocycles. The molecule has 1 atom stereocenters. The van der Waals surface area contributed by atoms with Gasteiger partial charge in [-0.15, -0.1) is 0 Å². The van der Waals surface area contributed by atoms with Gasteiger partial charge in [0.2, 0.25) is 0 Å². The molecule has 6 nitrogen and oxygen atoms in total. The van der Waals surface area contributed by atoms with Crippen LogP contribution in [0.15, 0.2) is 29.2 Å². The van der Waals surface area contributed by atoms with Gasteiger partial charge in [-0.05, 0) is 30.9 Å². The first-order valence-corrected chi connectivity index (χ1v) is 10.3. The van der Waals surface area contributed by atoms with Gasteiger partial charge in [0.1, 0.15) is 18.1 Å². The number of hydrogen-bond donors (Lipinski definition) is 0. The molecule has 162 valence electrons. The Labute approximate surface area is 177 Å². The fourth-order valence-electron chi connectivity index (χ4n) is 3.73. The molecule has 0 saturated heterocycles. The quantitative estimate of drug-likeness (QED) is 0.518. The van der Waals surface area contributed by atoms with E-state index in [0.29, 0.717) is 25.6 Å². The fourth-order valence-corrected chi connectivity index (χ4v) is 3.73. The number of nitrogens with zero attached hydrogens (tertiary/aromatic N) is 1. The number of carbonyl (C=O) groups is 1. The first-order chi connectivity index (χ1) is 14.1. The molecule has 0 amide bonds. The van der Waals surface area contributed by atoms with E-state index in [1.165, 1.54) is 6.92 Å². The molecule has 2 aromatic rings. The zero-order valence-electron chi connectivity index (χ0n) is 18.7. The minimum Gasteiger partial charge on any atom is -0.493 e. The van der Waals surface area contributed by atoms with Crippen molar-refractivity contribution in [2.75, 3.05) is 26.9 Å². The first-order valence-electron chi connectivity index (χ1n) is 10.3. The summed E-state index contributed by atoms with van der Waals surface area (Å²) in [5.74, 6) is 1.20. The van der Waals surface area contributed by atoms with Crippen molar-refractivity contribution in [2.45, 2.75) is 47.1 Å². The number of carbonyl (C=O) groups excluding carboxylic acids is 1. The molecule has 0 bridgehead atoms. The molecule has 0 saturated carbocycles. The summed E-state index contributed by atoms with van der Waals surface area (Å²) in [5.41, 5.74) is 2.33. The van der Waals surface area contributed by atoms with Crippen molar-refractivity contribution < 1.29 is 19.0 Å². The predicted octanol–water partition coefficient (Wildman–Crippen LogP) is 4.42. The number of Topliss-reactive ketones (excluding diaryl/α,β-unsaturated/α-hetero) is 1. The van der Waals surface area contributed by atoms with Crippen LogP contribution >= 0.6 is 0 Å². The Hall–Kier alpha value is -2.60. The number of rotatable bonds is 6. The average molecular weight is 414 g/mol. The zero-order valence-corrected chi connectivity index (χ0v) is 18.7.